The van der Waals surface area contributed by atoms with Crippen LogP contribution in [0.2, 0.25) is 5.02 Å². The first kappa shape index (κ1) is 20.2. The number of aryl methyl sites for hydroxylation is 2. The highest BCUT2D eigenvalue weighted by Gasteiger charge is 2.14. The van der Waals surface area contributed by atoms with Gasteiger partial charge >= 0.3 is 0 Å². The van der Waals surface area contributed by atoms with E-state index in [-0.39, 0.29) is 11.3 Å². The molecule has 1 amide bonds. The van der Waals surface area contributed by atoms with Crippen LogP contribution in [0.25, 0.3) is 11.8 Å². The van der Waals surface area contributed by atoms with Gasteiger partial charge in [-0.2, -0.15) is 5.26 Å². The number of hydrogen-bond donors (Lipinski definition) is 2. The van der Waals surface area contributed by atoms with Crippen LogP contribution >= 0.6 is 11.6 Å². The van der Waals surface area contributed by atoms with E-state index < -0.39 is 5.91 Å². The van der Waals surface area contributed by atoms with Gasteiger partial charge in [-0.25, -0.2) is 0 Å². The zero-order valence-corrected chi connectivity index (χ0v) is 17.1. The number of nitrogens with one attached hydrogen (secondary N) is 1. The summed E-state index contributed by atoms with van der Waals surface area (Å²) in [5.41, 5.74) is 4.91. The number of phenolic OH excluding ortho intramolecular Hbond substituents is 1. The van der Waals surface area contributed by atoms with Gasteiger partial charge in [0.1, 0.15) is 17.4 Å². The van der Waals surface area contributed by atoms with Gasteiger partial charge in [0.05, 0.1) is 0 Å². The van der Waals surface area contributed by atoms with Crippen molar-refractivity contribution in [1.29, 1.82) is 5.26 Å². The Kier molecular flexibility index (Phi) is 5.76. The Labute approximate surface area is 174 Å². The van der Waals surface area contributed by atoms with E-state index in [0.717, 1.165) is 28.2 Å². The van der Waals surface area contributed by atoms with Gasteiger partial charge in [-0.05, 0) is 80.4 Å². The van der Waals surface area contributed by atoms with E-state index in [9.17, 15) is 15.2 Å². The van der Waals surface area contributed by atoms with Crippen LogP contribution in [0.4, 0.5) is 5.69 Å². The fraction of sp³-hybridized carbons (Fsp3) is 0.130. The second-order valence-corrected chi connectivity index (χ2v) is 7.17. The van der Waals surface area contributed by atoms with Crippen LogP contribution in [-0.4, -0.2) is 15.6 Å². The molecule has 0 aliphatic rings. The second-order valence-electron chi connectivity index (χ2n) is 6.77. The highest BCUT2D eigenvalue weighted by Crippen LogP contribution is 2.25. The van der Waals surface area contributed by atoms with Crippen molar-refractivity contribution < 1.29 is 9.90 Å². The van der Waals surface area contributed by atoms with Crippen LogP contribution in [0.5, 0.6) is 5.75 Å². The predicted molar refractivity (Wildman–Crippen MR) is 115 cm³/mol. The molecule has 29 heavy (non-hydrogen) atoms. The number of carbonyl (C=O) groups is 1. The molecule has 0 aliphatic heterocycles. The molecule has 0 aliphatic carbocycles. The third-order valence-corrected chi connectivity index (χ3v) is 5.08. The lowest BCUT2D eigenvalue weighted by Crippen LogP contribution is -2.13. The zero-order valence-electron chi connectivity index (χ0n) is 16.3. The highest BCUT2D eigenvalue weighted by atomic mass is 35.5. The molecule has 2 N–H and O–H groups in total. The van der Waals surface area contributed by atoms with E-state index in [4.69, 9.17) is 11.6 Å². The molecule has 0 saturated heterocycles. The molecule has 0 radical (unpaired) electrons. The average Bonchev–Trinajstić information content (AvgIpc) is 2.96. The summed E-state index contributed by atoms with van der Waals surface area (Å²) in [5, 5.41) is 22.3. The number of anilines is 1. The SMILES string of the molecule is Cc1ccc(NC(=O)/C(C#N)=C/c2cc(C)n(-c3ccc(O)cc3)c2C)cc1Cl. The standard InChI is InChI=1S/C23H20ClN3O2/c1-14-4-5-19(12-22(14)24)26-23(29)18(13-25)11-17-10-15(2)27(16(17)3)20-6-8-21(28)9-7-20/h4-12,28H,1-3H3,(H,26,29)/b18-11+. The van der Waals surface area contributed by atoms with E-state index in [1.165, 1.54) is 0 Å². The summed E-state index contributed by atoms with van der Waals surface area (Å²) in [6.45, 7) is 5.73. The molecule has 0 saturated carbocycles. The third-order valence-electron chi connectivity index (χ3n) is 4.67. The van der Waals surface area contributed by atoms with Gasteiger partial charge in [0.15, 0.2) is 0 Å². The molecule has 0 fully saturated rings. The van der Waals surface area contributed by atoms with Crippen molar-refractivity contribution in [2.75, 3.05) is 5.32 Å². The number of nitrogens with zero attached hydrogens (tertiary/aromatic N) is 2. The average molecular weight is 406 g/mol. The Bertz CT molecular complexity index is 1150. The predicted octanol–water partition coefficient (Wildman–Crippen LogP) is 5.31. The monoisotopic (exact) mass is 405 g/mol. The summed E-state index contributed by atoms with van der Waals surface area (Å²) in [4.78, 5) is 12.6. The van der Waals surface area contributed by atoms with Crippen LogP contribution < -0.4 is 5.32 Å². The van der Waals surface area contributed by atoms with Crippen molar-refractivity contribution in [1.82, 2.24) is 4.57 Å². The van der Waals surface area contributed by atoms with Crippen LogP contribution in [0.3, 0.4) is 0 Å². The Morgan fingerprint density at radius 2 is 1.83 bits per heavy atom. The molecular formula is C23H20ClN3O2. The van der Waals surface area contributed by atoms with Crippen molar-refractivity contribution in [3.05, 3.63) is 81.6 Å². The molecular weight excluding hydrogens is 386 g/mol. The van der Waals surface area contributed by atoms with E-state index >= 15 is 0 Å². The van der Waals surface area contributed by atoms with Crippen LogP contribution in [0, 0.1) is 32.1 Å². The van der Waals surface area contributed by atoms with Gasteiger partial charge in [0.25, 0.3) is 5.91 Å². The lowest BCUT2D eigenvalue weighted by Gasteiger charge is -2.10. The molecule has 3 aromatic rings. The number of aromatic nitrogens is 1. The summed E-state index contributed by atoms with van der Waals surface area (Å²) in [6.07, 6.45) is 1.57. The number of halogens is 1. The number of phenols is 1. The topological polar surface area (TPSA) is 78.0 Å². The van der Waals surface area contributed by atoms with Gasteiger partial charge in [0, 0.05) is 27.8 Å². The van der Waals surface area contributed by atoms with E-state index in [1.807, 2.05) is 49.6 Å². The van der Waals surface area contributed by atoms with Gasteiger partial charge in [-0.1, -0.05) is 17.7 Å². The molecule has 3 rings (SSSR count). The Balaban J connectivity index is 1.92. The lowest BCUT2D eigenvalue weighted by atomic mass is 10.1. The maximum Gasteiger partial charge on any atom is 0.266 e. The quantitative estimate of drug-likeness (QED) is 0.456. The van der Waals surface area contributed by atoms with Gasteiger partial charge in [0.2, 0.25) is 0 Å². The van der Waals surface area contributed by atoms with Crippen molar-refractivity contribution in [2.45, 2.75) is 20.8 Å². The first-order chi connectivity index (χ1) is 13.8. The van der Waals surface area contributed by atoms with E-state index in [0.29, 0.717) is 10.7 Å². The number of aromatic hydroxyl groups is 1. The van der Waals surface area contributed by atoms with Crippen LogP contribution in [0.1, 0.15) is 22.5 Å². The number of rotatable bonds is 4. The minimum absolute atomic E-state index is 0.00680. The molecule has 0 bridgehead atoms. The normalized spacial score (nSPS) is 11.2. The molecule has 0 spiro atoms. The molecule has 6 heteroatoms. The van der Waals surface area contributed by atoms with Gasteiger partial charge in [-0.3, -0.25) is 4.79 Å². The largest absolute Gasteiger partial charge is 0.508 e. The minimum Gasteiger partial charge on any atom is -0.508 e. The van der Waals surface area contributed by atoms with Crippen molar-refractivity contribution in [3.8, 4) is 17.5 Å². The number of benzene rings is 2. The Hall–Kier alpha value is -3.49. The summed E-state index contributed by atoms with van der Waals surface area (Å²) < 4.78 is 2.00. The maximum absolute atomic E-state index is 12.6. The second kappa shape index (κ2) is 8.26. The van der Waals surface area contributed by atoms with Crippen molar-refractivity contribution in [2.24, 2.45) is 0 Å². The van der Waals surface area contributed by atoms with Gasteiger partial charge in [-0.15, -0.1) is 0 Å². The fourth-order valence-corrected chi connectivity index (χ4v) is 3.29. The van der Waals surface area contributed by atoms with Crippen molar-refractivity contribution >= 4 is 29.3 Å². The summed E-state index contributed by atoms with van der Waals surface area (Å²) >= 11 is 6.10. The Morgan fingerprint density at radius 1 is 1.14 bits per heavy atom. The molecule has 146 valence electrons. The molecule has 1 aromatic heterocycles. The van der Waals surface area contributed by atoms with Gasteiger partial charge < -0.3 is 15.0 Å². The lowest BCUT2D eigenvalue weighted by molar-refractivity contribution is -0.112. The fourth-order valence-electron chi connectivity index (χ4n) is 3.11. The summed E-state index contributed by atoms with van der Waals surface area (Å²) in [5.74, 6) is -0.308. The maximum atomic E-state index is 12.6. The number of hydrogen-bond acceptors (Lipinski definition) is 3. The van der Waals surface area contributed by atoms with E-state index in [2.05, 4.69) is 5.32 Å². The zero-order chi connectivity index (χ0) is 21.1. The first-order valence-electron chi connectivity index (χ1n) is 8.98. The minimum atomic E-state index is -0.498. The molecule has 0 unspecified atom stereocenters. The smallest absolute Gasteiger partial charge is 0.266 e. The molecule has 5 nitrogen and oxygen atoms in total. The number of carbonyl (C=O) groups excluding carboxylic acids is 1. The van der Waals surface area contributed by atoms with Crippen LogP contribution in [0.15, 0.2) is 54.1 Å². The number of amides is 1. The molecule has 2 aromatic carbocycles. The van der Waals surface area contributed by atoms with Crippen molar-refractivity contribution in [3.63, 3.8) is 0 Å². The first-order valence-corrected chi connectivity index (χ1v) is 9.35. The Morgan fingerprint density at radius 3 is 2.45 bits per heavy atom. The number of nitriles is 1. The summed E-state index contributed by atoms with van der Waals surface area (Å²) in [6, 6.07) is 15.9. The molecule has 1 heterocycles. The summed E-state index contributed by atoms with van der Waals surface area (Å²) in [7, 11) is 0. The third kappa shape index (κ3) is 4.34. The van der Waals surface area contributed by atoms with Crippen LogP contribution in [-0.2, 0) is 4.79 Å². The highest BCUT2D eigenvalue weighted by molar-refractivity contribution is 6.31. The molecule has 0 atom stereocenters. The van der Waals surface area contributed by atoms with E-state index in [1.54, 1.807) is 36.4 Å².